The van der Waals surface area contributed by atoms with Gasteiger partial charge in [0.15, 0.2) is 9.84 Å². The summed E-state index contributed by atoms with van der Waals surface area (Å²) in [4.78, 5) is 11.9. The Morgan fingerprint density at radius 1 is 1.44 bits per heavy atom. The number of benzene rings is 1. The molecule has 0 heterocycles. The molecule has 1 atom stereocenters. The molecule has 1 aromatic carbocycles. The molecule has 1 amide bonds. The van der Waals surface area contributed by atoms with Crippen molar-refractivity contribution in [3.63, 3.8) is 0 Å². The van der Waals surface area contributed by atoms with E-state index in [2.05, 4.69) is 5.32 Å². The minimum atomic E-state index is -3.34. The number of carbonyl (C=O) groups excluding carboxylic acids is 1. The summed E-state index contributed by atoms with van der Waals surface area (Å²) in [6.07, 6.45) is 0.446. The quantitative estimate of drug-likeness (QED) is 0.835. The number of aryl methyl sites for hydroxylation is 1. The van der Waals surface area contributed by atoms with Crippen LogP contribution in [0.5, 0.6) is 0 Å². The summed E-state index contributed by atoms with van der Waals surface area (Å²) in [5, 5.41) is 11.6. The van der Waals surface area contributed by atoms with Gasteiger partial charge in [0.2, 0.25) is 0 Å². The molecular formula is C12H17NO4S. The van der Waals surface area contributed by atoms with Gasteiger partial charge in [0, 0.05) is 18.4 Å². The third-order valence-electron chi connectivity index (χ3n) is 2.44. The zero-order valence-electron chi connectivity index (χ0n) is 10.6. The third kappa shape index (κ3) is 3.82. The van der Waals surface area contributed by atoms with Gasteiger partial charge in [-0.15, -0.1) is 0 Å². The molecule has 0 saturated carbocycles. The van der Waals surface area contributed by atoms with E-state index < -0.39 is 15.9 Å². The lowest BCUT2D eigenvalue weighted by Crippen LogP contribution is -2.31. The predicted molar refractivity (Wildman–Crippen MR) is 68.3 cm³/mol. The number of amides is 1. The highest BCUT2D eigenvalue weighted by Gasteiger charge is 2.14. The number of carbonyl (C=O) groups is 1. The Morgan fingerprint density at radius 3 is 2.56 bits per heavy atom. The van der Waals surface area contributed by atoms with Crippen molar-refractivity contribution in [2.75, 3.05) is 12.8 Å². The van der Waals surface area contributed by atoms with E-state index in [1.54, 1.807) is 19.9 Å². The first-order valence-corrected chi connectivity index (χ1v) is 7.38. The number of sulfone groups is 1. The standard InChI is InChI=1S/C12H17NO4S/c1-8-4-5-10(18(3,16)17)6-11(8)12(15)13-7-9(2)14/h4-6,9,14H,7H2,1-3H3,(H,13,15). The summed E-state index contributed by atoms with van der Waals surface area (Å²) < 4.78 is 22.8. The Kier molecular flexibility index (Phi) is 4.48. The minimum Gasteiger partial charge on any atom is -0.392 e. The monoisotopic (exact) mass is 271 g/mol. The van der Waals surface area contributed by atoms with Crippen LogP contribution in [0.2, 0.25) is 0 Å². The maximum absolute atomic E-state index is 11.8. The number of aliphatic hydroxyl groups excluding tert-OH is 1. The molecule has 6 heteroatoms. The third-order valence-corrected chi connectivity index (χ3v) is 3.55. The lowest BCUT2D eigenvalue weighted by Gasteiger charge is -2.10. The molecule has 0 radical (unpaired) electrons. The highest BCUT2D eigenvalue weighted by molar-refractivity contribution is 7.90. The van der Waals surface area contributed by atoms with Crippen LogP contribution < -0.4 is 5.32 Å². The fourth-order valence-electron chi connectivity index (χ4n) is 1.41. The van der Waals surface area contributed by atoms with E-state index >= 15 is 0 Å². The van der Waals surface area contributed by atoms with Crippen molar-refractivity contribution >= 4 is 15.7 Å². The fourth-order valence-corrected chi connectivity index (χ4v) is 2.06. The van der Waals surface area contributed by atoms with Crippen LogP contribution in [0.4, 0.5) is 0 Å². The van der Waals surface area contributed by atoms with E-state index in [0.29, 0.717) is 11.1 Å². The molecule has 1 unspecified atom stereocenters. The first kappa shape index (κ1) is 14.7. The van der Waals surface area contributed by atoms with Crippen molar-refractivity contribution in [3.8, 4) is 0 Å². The topological polar surface area (TPSA) is 83.5 Å². The second kappa shape index (κ2) is 5.49. The van der Waals surface area contributed by atoms with E-state index in [1.807, 2.05) is 0 Å². The zero-order valence-corrected chi connectivity index (χ0v) is 11.4. The van der Waals surface area contributed by atoms with Crippen LogP contribution >= 0.6 is 0 Å². The molecule has 0 spiro atoms. The molecule has 0 fully saturated rings. The van der Waals surface area contributed by atoms with E-state index in [0.717, 1.165) is 6.26 Å². The molecule has 0 aliphatic rings. The Morgan fingerprint density at radius 2 is 2.06 bits per heavy atom. The van der Waals surface area contributed by atoms with Gasteiger partial charge >= 0.3 is 0 Å². The predicted octanol–water partition coefficient (Wildman–Crippen LogP) is 0.509. The maximum Gasteiger partial charge on any atom is 0.251 e. The number of hydrogen-bond donors (Lipinski definition) is 2. The molecule has 18 heavy (non-hydrogen) atoms. The largest absolute Gasteiger partial charge is 0.392 e. The fraction of sp³-hybridized carbons (Fsp3) is 0.417. The van der Waals surface area contributed by atoms with Gasteiger partial charge in [-0.05, 0) is 31.5 Å². The van der Waals surface area contributed by atoms with Gasteiger partial charge in [0.05, 0.1) is 11.0 Å². The zero-order chi connectivity index (χ0) is 13.9. The summed E-state index contributed by atoms with van der Waals surface area (Å²) in [7, 11) is -3.34. The first-order valence-electron chi connectivity index (χ1n) is 5.49. The summed E-state index contributed by atoms with van der Waals surface area (Å²) in [5.74, 6) is -0.390. The molecule has 100 valence electrons. The van der Waals surface area contributed by atoms with Gasteiger partial charge in [-0.2, -0.15) is 0 Å². The molecule has 0 aromatic heterocycles. The number of aliphatic hydroxyl groups is 1. The van der Waals surface area contributed by atoms with Gasteiger partial charge < -0.3 is 10.4 Å². The van der Waals surface area contributed by atoms with Crippen LogP contribution in [-0.2, 0) is 9.84 Å². The Bertz CT molecular complexity index is 549. The number of rotatable bonds is 4. The highest BCUT2D eigenvalue weighted by Crippen LogP contribution is 2.15. The van der Waals surface area contributed by atoms with Crippen LogP contribution in [0.3, 0.4) is 0 Å². The minimum absolute atomic E-state index is 0.107. The summed E-state index contributed by atoms with van der Waals surface area (Å²) in [6, 6.07) is 4.41. The average molecular weight is 271 g/mol. The van der Waals surface area contributed by atoms with Crippen LogP contribution in [0, 0.1) is 6.92 Å². The van der Waals surface area contributed by atoms with E-state index in [-0.39, 0.29) is 17.3 Å². The Hall–Kier alpha value is -1.40. The summed E-state index contributed by atoms with van der Waals surface area (Å²) in [5.41, 5.74) is 0.990. The Labute approximate surface area is 107 Å². The molecule has 0 bridgehead atoms. The van der Waals surface area contributed by atoms with E-state index in [4.69, 9.17) is 5.11 Å². The maximum atomic E-state index is 11.8. The first-order chi connectivity index (χ1) is 8.21. The van der Waals surface area contributed by atoms with Gasteiger partial charge in [-0.3, -0.25) is 4.79 Å². The van der Waals surface area contributed by atoms with E-state index in [9.17, 15) is 13.2 Å². The Balaban J connectivity index is 3.05. The van der Waals surface area contributed by atoms with Crippen LogP contribution in [0.25, 0.3) is 0 Å². The second-order valence-electron chi connectivity index (χ2n) is 4.31. The van der Waals surface area contributed by atoms with Crippen molar-refractivity contribution in [2.45, 2.75) is 24.8 Å². The molecule has 0 aliphatic carbocycles. The molecule has 2 N–H and O–H groups in total. The van der Waals surface area contributed by atoms with E-state index in [1.165, 1.54) is 12.1 Å². The summed E-state index contributed by atoms with van der Waals surface area (Å²) >= 11 is 0. The van der Waals surface area contributed by atoms with Crippen LogP contribution in [0.15, 0.2) is 23.1 Å². The smallest absolute Gasteiger partial charge is 0.251 e. The van der Waals surface area contributed by atoms with Crippen molar-refractivity contribution in [1.82, 2.24) is 5.32 Å². The summed E-state index contributed by atoms with van der Waals surface area (Å²) in [6.45, 7) is 3.41. The van der Waals surface area contributed by atoms with Crippen molar-refractivity contribution in [1.29, 1.82) is 0 Å². The normalized spacial score (nSPS) is 13.1. The van der Waals surface area contributed by atoms with Crippen LogP contribution in [0.1, 0.15) is 22.8 Å². The molecule has 0 aliphatic heterocycles. The van der Waals surface area contributed by atoms with Gasteiger partial charge in [0.1, 0.15) is 0 Å². The number of hydrogen-bond acceptors (Lipinski definition) is 4. The van der Waals surface area contributed by atoms with Gasteiger partial charge in [-0.25, -0.2) is 8.42 Å². The van der Waals surface area contributed by atoms with Gasteiger partial charge in [-0.1, -0.05) is 6.07 Å². The van der Waals surface area contributed by atoms with Gasteiger partial charge in [0.25, 0.3) is 5.91 Å². The molecule has 5 nitrogen and oxygen atoms in total. The van der Waals surface area contributed by atoms with Crippen molar-refractivity contribution in [2.24, 2.45) is 0 Å². The molecule has 1 aromatic rings. The molecule has 0 saturated heterocycles. The molecule has 1 rings (SSSR count). The molecular weight excluding hydrogens is 254 g/mol. The van der Waals surface area contributed by atoms with Crippen molar-refractivity contribution in [3.05, 3.63) is 29.3 Å². The lowest BCUT2D eigenvalue weighted by atomic mass is 10.1. The highest BCUT2D eigenvalue weighted by atomic mass is 32.2. The average Bonchev–Trinajstić information content (AvgIpc) is 2.24. The van der Waals surface area contributed by atoms with Crippen LogP contribution in [-0.4, -0.2) is 38.3 Å². The lowest BCUT2D eigenvalue weighted by molar-refractivity contribution is 0.0923. The second-order valence-corrected chi connectivity index (χ2v) is 6.32. The SMILES string of the molecule is Cc1ccc(S(C)(=O)=O)cc1C(=O)NCC(C)O. The van der Waals surface area contributed by atoms with Crippen molar-refractivity contribution < 1.29 is 18.3 Å². The number of nitrogens with one attached hydrogen (secondary N) is 1.